The van der Waals surface area contributed by atoms with Crippen LogP contribution in [0.3, 0.4) is 0 Å². The Morgan fingerprint density at radius 1 is 0.919 bits per heavy atom. The third-order valence-electron chi connectivity index (χ3n) is 5.51. The number of hydrogen-bond donors (Lipinski definition) is 0. The van der Waals surface area contributed by atoms with Gasteiger partial charge in [-0.05, 0) is 58.8 Å². The van der Waals surface area contributed by atoms with Gasteiger partial charge in [0, 0.05) is 11.6 Å². The molecule has 0 fully saturated rings. The molecule has 1 aliphatic heterocycles. The molecule has 0 amide bonds. The molecular weight excluding hydrogens is 489 g/mol. The molecule has 1 aliphatic rings. The number of benzene rings is 4. The average Bonchev–Trinajstić information content (AvgIpc) is 3.24. The summed E-state index contributed by atoms with van der Waals surface area (Å²) in [5.41, 5.74) is -0.678. The number of nitrogens with zero attached hydrogens (tertiary/aromatic N) is 2. The maximum Gasteiger partial charge on any atom is 0.416 e. The van der Waals surface area contributed by atoms with Gasteiger partial charge in [-0.25, -0.2) is 9.79 Å². The molecule has 0 aliphatic carbocycles. The molecule has 0 radical (unpaired) electrons. The fraction of sp³-hybridized carbons (Fsp3) is 0.0370. The van der Waals surface area contributed by atoms with E-state index in [1.54, 1.807) is 12.1 Å². The number of fused-ring (bicyclic) bond motifs is 1. The number of cyclic esters (lactones) is 1. The van der Waals surface area contributed by atoms with Gasteiger partial charge in [-0.2, -0.15) is 13.2 Å². The van der Waals surface area contributed by atoms with Crippen LogP contribution in [0.25, 0.3) is 16.8 Å². The van der Waals surface area contributed by atoms with E-state index < -0.39 is 28.3 Å². The molecule has 10 heteroatoms. The van der Waals surface area contributed by atoms with E-state index in [4.69, 9.17) is 9.47 Å². The molecule has 37 heavy (non-hydrogen) atoms. The van der Waals surface area contributed by atoms with Crippen LogP contribution in [0.1, 0.15) is 16.7 Å². The Morgan fingerprint density at radius 3 is 2.35 bits per heavy atom. The van der Waals surface area contributed by atoms with Gasteiger partial charge in [0.15, 0.2) is 5.70 Å². The maximum absolute atomic E-state index is 12.9. The van der Waals surface area contributed by atoms with Crippen LogP contribution in [0.15, 0.2) is 95.6 Å². The van der Waals surface area contributed by atoms with Crippen molar-refractivity contribution in [2.75, 3.05) is 0 Å². The molecule has 0 N–H and O–H groups in total. The van der Waals surface area contributed by atoms with Crippen molar-refractivity contribution in [3.05, 3.63) is 117 Å². The summed E-state index contributed by atoms with van der Waals surface area (Å²) in [5, 5.41) is 13.3. The van der Waals surface area contributed by atoms with Crippen LogP contribution in [0.2, 0.25) is 0 Å². The van der Waals surface area contributed by atoms with Crippen molar-refractivity contribution in [1.82, 2.24) is 0 Å². The van der Waals surface area contributed by atoms with Crippen molar-refractivity contribution >= 4 is 34.4 Å². The van der Waals surface area contributed by atoms with E-state index in [2.05, 4.69) is 4.99 Å². The number of hydrogen-bond acceptors (Lipinski definition) is 6. The first-order valence-corrected chi connectivity index (χ1v) is 10.8. The van der Waals surface area contributed by atoms with Crippen LogP contribution in [-0.4, -0.2) is 16.8 Å². The Kier molecular flexibility index (Phi) is 5.92. The minimum absolute atomic E-state index is 0.0789. The van der Waals surface area contributed by atoms with Gasteiger partial charge in [0.1, 0.15) is 5.75 Å². The van der Waals surface area contributed by atoms with Crippen LogP contribution in [0.5, 0.6) is 11.5 Å². The second-order valence-electron chi connectivity index (χ2n) is 8.01. The number of esters is 1. The summed E-state index contributed by atoms with van der Waals surface area (Å²) in [6.45, 7) is 0. The highest BCUT2D eigenvalue weighted by atomic mass is 19.4. The Labute approximate surface area is 207 Å². The zero-order chi connectivity index (χ0) is 26.2. The monoisotopic (exact) mass is 504 g/mol. The Hall–Kier alpha value is -4.99. The summed E-state index contributed by atoms with van der Waals surface area (Å²) < 4.78 is 49.5. The van der Waals surface area contributed by atoms with E-state index in [0.29, 0.717) is 23.3 Å². The fourth-order valence-corrected chi connectivity index (χ4v) is 3.69. The molecule has 0 saturated heterocycles. The van der Waals surface area contributed by atoms with Crippen LogP contribution in [-0.2, 0) is 15.7 Å². The number of alkyl halides is 3. The van der Waals surface area contributed by atoms with E-state index in [9.17, 15) is 28.1 Å². The molecule has 0 bridgehead atoms. The first-order valence-electron chi connectivity index (χ1n) is 10.8. The highest BCUT2D eigenvalue weighted by molar-refractivity contribution is 6.13. The lowest BCUT2D eigenvalue weighted by atomic mass is 10.1. The van der Waals surface area contributed by atoms with Crippen molar-refractivity contribution in [3.8, 4) is 11.5 Å². The number of aliphatic imine (C=N–C) groups is 1. The molecule has 0 unspecified atom stereocenters. The molecule has 4 aromatic rings. The SMILES string of the molecule is O=C1OC(c2ccc3ccccc3c2)=N/C1=C\c1ccc(Oc2ccc(C(F)(F)F)cc2[N+](=O)[O-])cc1. The third kappa shape index (κ3) is 5.03. The molecule has 7 nitrogen and oxygen atoms in total. The lowest BCUT2D eigenvalue weighted by molar-refractivity contribution is -0.385. The van der Waals surface area contributed by atoms with Crippen molar-refractivity contribution < 1.29 is 32.4 Å². The highest BCUT2D eigenvalue weighted by Crippen LogP contribution is 2.38. The number of nitro benzene ring substituents is 1. The van der Waals surface area contributed by atoms with Crippen molar-refractivity contribution in [3.63, 3.8) is 0 Å². The van der Waals surface area contributed by atoms with Crippen LogP contribution in [0, 0.1) is 10.1 Å². The smallest absolute Gasteiger partial charge is 0.416 e. The maximum atomic E-state index is 12.9. The molecule has 184 valence electrons. The van der Waals surface area contributed by atoms with E-state index in [-0.39, 0.29) is 23.1 Å². The Bertz CT molecular complexity index is 1610. The molecule has 4 aromatic carbocycles. The lowest BCUT2D eigenvalue weighted by Crippen LogP contribution is -2.06. The molecular formula is C27H15F3N2O5. The molecule has 5 rings (SSSR count). The van der Waals surface area contributed by atoms with E-state index >= 15 is 0 Å². The highest BCUT2D eigenvalue weighted by Gasteiger charge is 2.33. The molecule has 1 heterocycles. The van der Waals surface area contributed by atoms with Crippen LogP contribution >= 0.6 is 0 Å². The van der Waals surface area contributed by atoms with Crippen molar-refractivity contribution in [2.24, 2.45) is 4.99 Å². The number of rotatable bonds is 5. The molecule has 0 aromatic heterocycles. The summed E-state index contributed by atoms with van der Waals surface area (Å²) in [7, 11) is 0. The van der Waals surface area contributed by atoms with Gasteiger partial charge < -0.3 is 9.47 Å². The van der Waals surface area contributed by atoms with Gasteiger partial charge in [-0.15, -0.1) is 0 Å². The minimum Gasteiger partial charge on any atom is -0.450 e. The number of carbonyl (C=O) groups is 1. The number of halogens is 3. The standard InChI is InChI=1S/C27H15F3N2O5/c28-27(29,30)20-9-12-24(23(15-20)32(34)35)36-21-10-5-16(6-11-21)13-22-26(33)37-25(31-22)19-8-7-17-3-1-2-4-18(17)14-19/h1-15H/b22-13-. The summed E-state index contributed by atoms with van der Waals surface area (Å²) in [5.74, 6) is -0.632. The number of nitro groups is 1. The topological polar surface area (TPSA) is 91.0 Å². The Balaban J connectivity index is 1.36. The van der Waals surface area contributed by atoms with Gasteiger partial charge in [0.2, 0.25) is 11.6 Å². The largest absolute Gasteiger partial charge is 0.450 e. The predicted octanol–water partition coefficient (Wildman–Crippen LogP) is 6.90. The van der Waals surface area contributed by atoms with Gasteiger partial charge >= 0.3 is 17.8 Å². The third-order valence-corrected chi connectivity index (χ3v) is 5.51. The van der Waals surface area contributed by atoms with E-state index in [1.165, 1.54) is 18.2 Å². The van der Waals surface area contributed by atoms with Crippen molar-refractivity contribution in [1.29, 1.82) is 0 Å². The zero-order valence-corrected chi connectivity index (χ0v) is 18.7. The molecule has 0 saturated carbocycles. The summed E-state index contributed by atoms with van der Waals surface area (Å²) in [4.78, 5) is 27.0. The van der Waals surface area contributed by atoms with Gasteiger partial charge in [-0.1, -0.05) is 42.5 Å². The summed E-state index contributed by atoms with van der Waals surface area (Å²) in [6, 6.07) is 21.4. The van der Waals surface area contributed by atoms with E-state index in [0.717, 1.165) is 16.8 Å². The van der Waals surface area contributed by atoms with Crippen molar-refractivity contribution in [2.45, 2.75) is 6.18 Å². The number of ether oxygens (including phenoxy) is 2. The van der Waals surface area contributed by atoms with Crippen LogP contribution in [0.4, 0.5) is 18.9 Å². The normalized spacial score (nSPS) is 14.5. The Morgan fingerprint density at radius 2 is 1.65 bits per heavy atom. The number of carbonyl (C=O) groups excluding carboxylic acids is 1. The first-order chi connectivity index (χ1) is 17.7. The molecule has 0 spiro atoms. The second kappa shape index (κ2) is 9.23. The summed E-state index contributed by atoms with van der Waals surface area (Å²) in [6.07, 6.45) is -3.22. The minimum atomic E-state index is -4.73. The first kappa shape index (κ1) is 23.7. The summed E-state index contributed by atoms with van der Waals surface area (Å²) >= 11 is 0. The van der Waals surface area contributed by atoms with E-state index in [1.807, 2.05) is 42.5 Å². The quantitative estimate of drug-likeness (QED) is 0.128. The zero-order valence-electron chi connectivity index (χ0n) is 18.7. The second-order valence-corrected chi connectivity index (χ2v) is 8.01. The van der Waals surface area contributed by atoms with Crippen LogP contribution < -0.4 is 4.74 Å². The fourth-order valence-electron chi connectivity index (χ4n) is 3.69. The lowest BCUT2D eigenvalue weighted by Gasteiger charge is -2.10. The van der Waals surface area contributed by atoms with Gasteiger partial charge in [0.25, 0.3) is 0 Å². The van der Waals surface area contributed by atoms with Gasteiger partial charge in [0.05, 0.1) is 10.5 Å². The molecule has 0 atom stereocenters. The average molecular weight is 504 g/mol. The van der Waals surface area contributed by atoms with Gasteiger partial charge in [-0.3, -0.25) is 10.1 Å². The predicted molar refractivity (Wildman–Crippen MR) is 129 cm³/mol.